The fraction of sp³-hybridized carbons (Fsp3) is 0.615. The lowest BCUT2D eigenvalue weighted by molar-refractivity contribution is -0.141. The smallest absolute Gasteiger partial charge is 0.236 e. The Bertz CT molecular complexity index is 396. The van der Waals surface area contributed by atoms with Crippen LogP contribution < -0.4 is 0 Å². The molecule has 0 aliphatic carbocycles. The average Bonchev–Trinajstić information content (AvgIpc) is 2.79. The van der Waals surface area contributed by atoms with Gasteiger partial charge >= 0.3 is 0 Å². The zero-order chi connectivity index (χ0) is 13.2. The Morgan fingerprint density at radius 1 is 1.61 bits per heavy atom. The van der Waals surface area contributed by atoms with Crippen molar-refractivity contribution in [3.8, 4) is 0 Å². The summed E-state index contributed by atoms with van der Waals surface area (Å²) in [4.78, 5) is 15.5. The minimum atomic E-state index is -0.583. The van der Waals surface area contributed by atoms with Crippen LogP contribution in [0.1, 0.15) is 19.1 Å². The van der Waals surface area contributed by atoms with E-state index in [1.807, 2.05) is 24.0 Å². The molecular formula is C13H20N2O3. The Hall–Kier alpha value is -1.33. The van der Waals surface area contributed by atoms with Crippen molar-refractivity contribution in [3.05, 3.63) is 24.2 Å². The minimum Gasteiger partial charge on any atom is -0.467 e. The van der Waals surface area contributed by atoms with Gasteiger partial charge < -0.3 is 14.4 Å². The summed E-state index contributed by atoms with van der Waals surface area (Å²) in [7, 11) is 1.76. The summed E-state index contributed by atoms with van der Waals surface area (Å²) in [5, 5.41) is 9.87. The predicted octanol–water partition coefficient (Wildman–Crippen LogP) is 0.695. The molecule has 1 N–H and O–H groups in total. The molecule has 2 heterocycles. The van der Waals surface area contributed by atoms with E-state index < -0.39 is 5.60 Å². The molecule has 100 valence electrons. The molecule has 0 aromatic carbocycles. The van der Waals surface area contributed by atoms with Crippen molar-refractivity contribution < 1.29 is 14.3 Å². The Labute approximate surface area is 107 Å². The molecule has 1 aliphatic rings. The van der Waals surface area contributed by atoms with Gasteiger partial charge in [-0.1, -0.05) is 6.92 Å². The molecule has 1 fully saturated rings. The molecule has 0 saturated carbocycles. The lowest BCUT2D eigenvalue weighted by Crippen LogP contribution is -2.62. The van der Waals surface area contributed by atoms with Crippen LogP contribution >= 0.6 is 0 Å². The molecule has 0 spiro atoms. The maximum absolute atomic E-state index is 11.9. The topological polar surface area (TPSA) is 56.9 Å². The molecule has 1 aromatic heterocycles. The van der Waals surface area contributed by atoms with Crippen molar-refractivity contribution in [1.82, 2.24) is 9.80 Å². The van der Waals surface area contributed by atoms with Gasteiger partial charge in [-0.3, -0.25) is 9.69 Å². The standard InChI is InChI=1S/C13H20N2O3/c1-3-13(17)9-15(10-13)8-12(16)14(2)7-11-5-4-6-18-11/h4-6,17H,3,7-10H2,1-2H3. The first-order valence-corrected chi connectivity index (χ1v) is 6.23. The first-order valence-electron chi connectivity index (χ1n) is 6.23. The van der Waals surface area contributed by atoms with E-state index in [1.54, 1.807) is 18.2 Å². The number of hydrogen-bond donors (Lipinski definition) is 1. The van der Waals surface area contributed by atoms with Crippen LogP contribution in [-0.4, -0.2) is 53.1 Å². The number of likely N-dealkylation sites (N-methyl/N-ethyl adjacent to an activating group) is 1. The van der Waals surface area contributed by atoms with Crippen LogP contribution in [0.3, 0.4) is 0 Å². The molecule has 2 rings (SSSR count). The van der Waals surface area contributed by atoms with Crippen LogP contribution in [0.5, 0.6) is 0 Å². The number of carbonyl (C=O) groups excluding carboxylic acids is 1. The van der Waals surface area contributed by atoms with Gasteiger partial charge in [0, 0.05) is 20.1 Å². The summed E-state index contributed by atoms with van der Waals surface area (Å²) in [6.45, 7) is 3.98. The number of carbonyl (C=O) groups is 1. The van der Waals surface area contributed by atoms with E-state index in [-0.39, 0.29) is 5.91 Å². The van der Waals surface area contributed by atoms with Gasteiger partial charge in [-0.05, 0) is 18.6 Å². The van der Waals surface area contributed by atoms with Gasteiger partial charge in [-0.15, -0.1) is 0 Å². The molecule has 0 atom stereocenters. The van der Waals surface area contributed by atoms with E-state index in [2.05, 4.69) is 0 Å². The number of nitrogens with zero attached hydrogens (tertiary/aromatic N) is 2. The molecule has 1 aromatic rings. The quantitative estimate of drug-likeness (QED) is 0.838. The summed E-state index contributed by atoms with van der Waals surface area (Å²) in [6.07, 6.45) is 2.34. The molecule has 0 unspecified atom stereocenters. The zero-order valence-electron chi connectivity index (χ0n) is 10.9. The molecule has 18 heavy (non-hydrogen) atoms. The van der Waals surface area contributed by atoms with E-state index in [0.29, 0.717) is 26.2 Å². The van der Waals surface area contributed by atoms with Crippen LogP contribution in [0.25, 0.3) is 0 Å². The second-order valence-corrected chi connectivity index (χ2v) is 5.05. The average molecular weight is 252 g/mol. The highest BCUT2D eigenvalue weighted by molar-refractivity contribution is 5.78. The van der Waals surface area contributed by atoms with Gasteiger partial charge in [0.2, 0.25) is 5.91 Å². The number of likely N-dealkylation sites (tertiary alicyclic amines) is 1. The number of aliphatic hydroxyl groups is 1. The molecule has 5 heteroatoms. The van der Waals surface area contributed by atoms with E-state index >= 15 is 0 Å². The molecule has 0 radical (unpaired) electrons. The van der Waals surface area contributed by atoms with Crippen molar-refractivity contribution in [1.29, 1.82) is 0 Å². The number of furan rings is 1. The lowest BCUT2D eigenvalue weighted by Gasteiger charge is -2.46. The van der Waals surface area contributed by atoms with Gasteiger partial charge in [0.25, 0.3) is 0 Å². The van der Waals surface area contributed by atoms with Crippen molar-refractivity contribution in [2.45, 2.75) is 25.5 Å². The first kappa shape index (κ1) is 13.1. The largest absolute Gasteiger partial charge is 0.467 e. The van der Waals surface area contributed by atoms with Crippen molar-refractivity contribution in [2.75, 3.05) is 26.7 Å². The predicted molar refractivity (Wildman–Crippen MR) is 66.9 cm³/mol. The van der Waals surface area contributed by atoms with E-state index in [0.717, 1.165) is 12.2 Å². The van der Waals surface area contributed by atoms with Crippen molar-refractivity contribution in [3.63, 3.8) is 0 Å². The van der Waals surface area contributed by atoms with E-state index in [9.17, 15) is 9.90 Å². The van der Waals surface area contributed by atoms with Gasteiger partial charge in [0.05, 0.1) is 25.0 Å². The van der Waals surface area contributed by atoms with Gasteiger partial charge in [-0.25, -0.2) is 0 Å². The van der Waals surface area contributed by atoms with Crippen LogP contribution in [0, 0.1) is 0 Å². The summed E-state index contributed by atoms with van der Waals surface area (Å²) in [5.41, 5.74) is -0.583. The highest BCUT2D eigenvalue weighted by atomic mass is 16.3. The van der Waals surface area contributed by atoms with Crippen LogP contribution in [0.4, 0.5) is 0 Å². The third kappa shape index (κ3) is 2.91. The Morgan fingerprint density at radius 2 is 2.33 bits per heavy atom. The summed E-state index contributed by atoms with van der Waals surface area (Å²) in [6, 6.07) is 3.66. The van der Waals surface area contributed by atoms with Crippen LogP contribution in [-0.2, 0) is 11.3 Å². The van der Waals surface area contributed by atoms with Crippen LogP contribution in [0.2, 0.25) is 0 Å². The van der Waals surface area contributed by atoms with Crippen LogP contribution in [0.15, 0.2) is 22.8 Å². The number of rotatable bonds is 5. The SMILES string of the molecule is CCC1(O)CN(CC(=O)N(C)Cc2ccco2)C1. The molecule has 5 nitrogen and oxygen atoms in total. The number of amides is 1. The normalized spacial score (nSPS) is 18.4. The molecule has 1 saturated heterocycles. The highest BCUT2D eigenvalue weighted by Crippen LogP contribution is 2.23. The van der Waals surface area contributed by atoms with Gasteiger partial charge in [0.15, 0.2) is 0 Å². The van der Waals surface area contributed by atoms with Crippen molar-refractivity contribution in [2.24, 2.45) is 0 Å². The Morgan fingerprint density at radius 3 is 2.89 bits per heavy atom. The highest BCUT2D eigenvalue weighted by Gasteiger charge is 2.40. The zero-order valence-corrected chi connectivity index (χ0v) is 10.9. The summed E-state index contributed by atoms with van der Waals surface area (Å²) >= 11 is 0. The molecule has 1 aliphatic heterocycles. The third-order valence-electron chi connectivity index (χ3n) is 3.45. The van der Waals surface area contributed by atoms with E-state index in [1.165, 1.54) is 0 Å². The van der Waals surface area contributed by atoms with Gasteiger partial charge in [0.1, 0.15) is 5.76 Å². The third-order valence-corrected chi connectivity index (χ3v) is 3.45. The maximum Gasteiger partial charge on any atom is 0.236 e. The second-order valence-electron chi connectivity index (χ2n) is 5.05. The molecule has 0 bridgehead atoms. The molecular weight excluding hydrogens is 232 g/mol. The monoisotopic (exact) mass is 252 g/mol. The fourth-order valence-corrected chi connectivity index (χ4v) is 2.16. The second kappa shape index (κ2) is 5.12. The maximum atomic E-state index is 11.9. The Kier molecular flexibility index (Phi) is 3.73. The van der Waals surface area contributed by atoms with Gasteiger partial charge in [-0.2, -0.15) is 0 Å². The summed E-state index contributed by atoms with van der Waals surface area (Å²) < 4.78 is 5.20. The first-order chi connectivity index (χ1) is 8.52. The van der Waals surface area contributed by atoms with E-state index in [4.69, 9.17) is 4.42 Å². The number of β-amino-alcohol motifs (C(OH)–C–C–N with tert-alkyl or cyclic N) is 1. The summed E-state index contributed by atoms with van der Waals surface area (Å²) in [5.74, 6) is 0.823. The molecule has 1 amide bonds. The Balaban J connectivity index is 1.75. The minimum absolute atomic E-state index is 0.0459. The fourth-order valence-electron chi connectivity index (χ4n) is 2.16. The van der Waals surface area contributed by atoms with Crippen molar-refractivity contribution >= 4 is 5.91 Å². The number of hydrogen-bond acceptors (Lipinski definition) is 4. The lowest BCUT2D eigenvalue weighted by atomic mass is 9.91.